The molecule has 0 aliphatic heterocycles. The van der Waals surface area contributed by atoms with Gasteiger partial charge in [-0.25, -0.2) is 13.6 Å². The van der Waals surface area contributed by atoms with E-state index in [-0.39, 0.29) is 17.7 Å². The Morgan fingerprint density at radius 2 is 2.25 bits per heavy atom. The van der Waals surface area contributed by atoms with E-state index in [9.17, 15) is 8.42 Å². The van der Waals surface area contributed by atoms with Gasteiger partial charge in [-0.3, -0.25) is 0 Å². The fourth-order valence-electron chi connectivity index (χ4n) is 1.19. The molecule has 1 unspecified atom stereocenters. The van der Waals surface area contributed by atoms with E-state index in [1.165, 1.54) is 12.1 Å². The first-order valence-corrected chi connectivity index (χ1v) is 6.47. The standard InChI is InChI=1S/C9H16N2O4S/c1-2-7(6-12)11-5-8-3-4-9(15-8)16(10,13)14/h3-4,7,11-12H,2,5-6H2,1H3,(H2,10,13,14). The van der Waals surface area contributed by atoms with Gasteiger partial charge in [0.05, 0.1) is 13.2 Å². The van der Waals surface area contributed by atoms with Crippen LogP contribution in [0.5, 0.6) is 0 Å². The number of aliphatic hydroxyl groups is 1. The fourth-order valence-corrected chi connectivity index (χ4v) is 1.67. The third-order valence-corrected chi connectivity index (χ3v) is 2.98. The molecule has 0 bridgehead atoms. The summed E-state index contributed by atoms with van der Waals surface area (Å²) in [5.74, 6) is 0.468. The zero-order valence-corrected chi connectivity index (χ0v) is 9.83. The highest BCUT2D eigenvalue weighted by molar-refractivity contribution is 7.89. The molecule has 0 fully saturated rings. The molecule has 0 saturated heterocycles. The van der Waals surface area contributed by atoms with Crippen molar-refractivity contribution in [1.29, 1.82) is 0 Å². The lowest BCUT2D eigenvalue weighted by Gasteiger charge is -2.12. The van der Waals surface area contributed by atoms with Crippen LogP contribution in [0.15, 0.2) is 21.6 Å². The molecule has 0 aliphatic rings. The number of primary sulfonamides is 1. The van der Waals surface area contributed by atoms with Crippen LogP contribution >= 0.6 is 0 Å². The van der Waals surface area contributed by atoms with Crippen molar-refractivity contribution in [2.45, 2.75) is 31.0 Å². The van der Waals surface area contributed by atoms with Gasteiger partial charge < -0.3 is 14.8 Å². The lowest BCUT2D eigenvalue weighted by molar-refractivity contribution is 0.234. The molecule has 1 atom stereocenters. The second kappa shape index (κ2) is 5.44. The van der Waals surface area contributed by atoms with Gasteiger partial charge in [-0.2, -0.15) is 0 Å². The second-order valence-electron chi connectivity index (χ2n) is 3.43. The van der Waals surface area contributed by atoms with E-state index in [0.717, 1.165) is 6.42 Å². The van der Waals surface area contributed by atoms with Crippen LogP contribution < -0.4 is 10.5 Å². The summed E-state index contributed by atoms with van der Waals surface area (Å²) in [4.78, 5) is 0. The zero-order chi connectivity index (χ0) is 12.2. The van der Waals surface area contributed by atoms with Crippen molar-refractivity contribution in [1.82, 2.24) is 5.32 Å². The molecule has 0 radical (unpaired) electrons. The Morgan fingerprint density at radius 3 is 2.69 bits per heavy atom. The number of hydrogen-bond donors (Lipinski definition) is 3. The number of furan rings is 1. The van der Waals surface area contributed by atoms with E-state index in [4.69, 9.17) is 14.7 Å². The maximum atomic E-state index is 10.9. The number of nitrogens with two attached hydrogens (primary N) is 1. The topological polar surface area (TPSA) is 106 Å². The van der Waals surface area contributed by atoms with Gasteiger partial charge in [0.15, 0.2) is 0 Å². The van der Waals surface area contributed by atoms with E-state index in [0.29, 0.717) is 12.3 Å². The molecule has 1 aromatic heterocycles. The first kappa shape index (κ1) is 13.2. The maximum Gasteiger partial charge on any atom is 0.271 e. The molecule has 0 spiro atoms. The molecule has 1 heterocycles. The quantitative estimate of drug-likeness (QED) is 0.646. The first-order chi connectivity index (χ1) is 7.47. The van der Waals surface area contributed by atoms with E-state index in [1.54, 1.807) is 0 Å². The second-order valence-corrected chi connectivity index (χ2v) is 4.93. The number of aliphatic hydroxyl groups excluding tert-OH is 1. The van der Waals surface area contributed by atoms with Gasteiger partial charge in [0.25, 0.3) is 10.0 Å². The molecule has 0 aliphatic carbocycles. The molecule has 92 valence electrons. The Balaban J connectivity index is 2.60. The van der Waals surface area contributed by atoms with E-state index in [1.807, 2.05) is 6.92 Å². The number of hydrogen-bond acceptors (Lipinski definition) is 5. The Kier molecular flexibility index (Phi) is 4.48. The fraction of sp³-hybridized carbons (Fsp3) is 0.556. The van der Waals surface area contributed by atoms with E-state index in [2.05, 4.69) is 5.32 Å². The molecule has 6 nitrogen and oxygen atoms in total. The van der Waals surface area contributed by atoms with Crippen LogP contribution in [0, 0.1) is 0 Å². The SMILES string of the molecule is CCC(CO)NCc1ccc(S(N)(=O)=O)o1. The summed E-state index contributed by atoms with van der Waals surface area (Å²) in [5.41, 5.74) is 0. The highest BCUT2D eigenvalue weighted by atomic mass is 32.2. The van der Waals surface area contributed by atoms with Gasteiger partial charge >= 0.3 is 0 Å². The molecule has 1 aromatic rings. The highest BCUT2D eigenvalue weighted by Gasteiger charge is 2.13. The van der Waals surface area contributed by atoms with Crippen molar-refractivity contribution in [3.8, 4) is 0 Å². The highest BCUT2D eigenvalue weighted by Crippen LogP contribution is 2.12. The van der Waals surface area contributed by atoms with Crippen LogP contribution in [-0.4, -0.2) is 26.2 Å². The van der Waals surface area contributed by atoms with E-state index < -0.39 is 10.0 Å². The average Bonchev–Trinajstić information content (AvgIpc) is 2.67. The summed E-state index contributed by atoms with van der Waals surface area (Å²) in [6.45, 7) is 2.32. The van der Waals surface area contributed by atoms with Gasteiger partial charge in [0.1, 0.15) is 5.76 Å². The summed E-state index contributed by atoms with van der Waals surface area (Å²) in [7, 11) is -3.78. The molecule has 7 heteroatoms. The van der Waals surface area contributed by atoms with Gasteiger partial charge in [-0.05, 0) is 18.6 Å². The predicted molar refractivity (Wildman–Crippen MR) is 58.1 cm³/mol. The van der Waals surface area contributed by atoms with Crippen LogP contribution in [0.2, 0.25) is 0 Å². The molecule has 0 saturated carbocycles. The summed E-state index contributed by atoms with van der Waals surface area (Å²) >= 11 is 0. The zero-order valence-electron chi connectivity index (χ0n) is 9.01. The van der Waals surface area contributed by atoms with Crippen LogP contribution in [0.1, 0.15) is 19.1 Å². The Labute approximate surface area is 94.5 Å². The lowest BCUT2D eigenvalue weighted by atomic mass is 10.2. The predicted octanol–water partition coefficient (Wildman–Crippen LogP) is -0.212. The van der Waals surface area contributed by atoms with Gasteiger partial charge in [-0.1, -0.05) is 6.92 Å². The van der Waals surface area contributed by atoms with Crippen LogP contribution in [-0.2, 0) is 16.6 Å². The first-order valence-electron chi connectivity index (χ1n) is 4.93. The Morgan fingerprint density at radius 1 is 1.56 bits per heavy atom. The van der Waals surface area contributed by atoms with Gasteiger partial charge in [0, 0.05) is 6.04 Å². The summed E-state index contributed by atoms with van der Waals surface area (Å²) in [6.07, 6.45) is 0.777. The molecule has 16 heavy (non-hydrogen) atoms. The summed E-state index contributed by atoms with van der Waals surface area (Å²) < 4.78 is 26.9. The van der Waals surface area contributed by atoms with E-state index >= 15 is 0 Å². The van der Waals surface area contributed by atoms with Gasteiger partial charge in [0.2, 0.25) is 5.09 Å². The minimum Gasteiger partial charge on any atom is -0.447 e. The van der Waals surface area contributed by atoms with Crippen LogP contribution in [0.25, 0.3) is 0 Å². The lowest BCUT2D eigenvalue weighted by Crippen LogP contribution is -2.30. The normalized spacial score (nSPS) is 13.9. The Hall–Kier alpha value is -0.890. The molecular formula is C9H16N2O4S. The molecule has 0 amide bonds. The summed E-state index contributed by atoms with van der Waals surface area (Å²) in [6, 6.07) is 2.83. The van der Waals surface area contributed by atoms with Crippen molar-refractivity contribution < 1.29 is 17.9 Å². The largest absolute Gasteiger partial charge is 0.447 e. The third kappa shape index (κ3) is 3.60. The minimum absolute atomic E-state index is 0.0250. The van der Waals surface area contributed by atoms with Crippen molar-refractivity contribution in [2.75, 3.05) is 6.61 Å². The van der Waals surface area contributed by atoms with Crippen LogP contribution in [0.3, 0.4) is 0 Å². The number of rotatable bonds is 6. The van der Waals surface area contributed by atoms with Gasteiger partial charge in [-0.15, -0.1) is 0 Å². The van der Waals surface area contributed by atoms with Crippen LogP contribution in [0.4, 0.5) is 0 Å². The molecule has 4 N–H and O–H groups in total. The monoisotopic (exact) mass is 248 g/mol. The van der Waals surface area contributed by atoms with Crippen molar-refractivity contribution in [2.24, 2.45) is 5.14 Å². The van der Waals surface area contributed by atoms with Crippen molar-refractivity contribution >= 4 is 10.0 Å². The average molecular weight is 248 g/mol. The molecule has 1 rings (SSSR count). The molecular weight excluding hydrogens is 232 g/mol. The number of sulfonamides is 1. The smallest absolute Gasteiger partial charge is 0.271 e. The van der Waals surface area contributed by atoms with Crippen molar-refractivity contribution in [3.63, 3.8) is 0 Å². The number of nitrogens with one attached hydrogen (secondary N) is 1. The maximum absolute atomic E-state index is 10.9. The summed E-state index contributed by atoms with van der Waals surface area (Å²) in [5, 5.41) is 16.6. The Bertz CT molecular complexity index is 422. The molecule has 0 aromatic carbocycles. The minimum atomic E-state index is -3.78. The van der Waals surface area contributed by atoms with Crippen molar-refractivity contribution in [3.05, 3.63) is 17.9 Å². The third-order valence-electron chi connectivity index (χ3n) is 2.20.